The molecule has 216 valence electrons. The van der Waals surface area contributed by atoms with Crippen molar-refractivity contribution >= 4 is 23.8 Å². The highest BCUT2D eigenvalue weighted by Gasteiger charge is 2.25. The number of benzene rings is 2. The van der Waals surface area contributed by atoms with Crippen molar-refractivity contribution in [3.63, 3.8) is 0 Å². The summed E-state index contributed by atoms with van der Waals surface area (Å²) in [7, 11) is 1.56. The van der Waals surface area contributed by atoms with Gasteiger partial charge in [-0.15, -0.1) is 0 Å². The molecule has 0 fully saturated rings. The van der Waals surface area contributed by atoms with Gasteiger partial charge in [-0.05, 0) is 70.8 Å². The zero-order valence-electron chi connectivity index (χ0n) is 23.4. The third kappa shape index (κ3) is 7.36. The van der Waals surface area contributed by atoms with E-state index in [4.69, 9.17) is 10.1 Å². The van der Waals surface area contributed by atoms with Crippen LogP contribution < -0.4 is 10.6 Å². The molecule has 41 heavy (non-hydrogen) atoms. The predicted octanol–water partition coefficient (Wildman–Crippen LogP) is 5.05. The normalized spacial score (nSPS) is 14.2. The first kappa shape index (κ1) is 29.9. The number of carbonyl (C=O) groups is 2. The number of aliphatic hydroxyl groups excluding tert-OH is 2. The number of hydrogen-bond acceptors (Lipinski definition) is 5. The second-order valence-corrected chi connectivity index (χ2v) is 10.7. The standard InChI is InChI=1S/C32H36FN3O5/c1-18(2)31-26(12-11-24(37)16-25(38)17-29(39)40)30(20-4-8-22(33)9-5-20)27-15-21-14-23(35-32(41)34-3)10-6-19(21)7-13-28(27)36-31/h4-6,8-12,14,18,24-25,37-38H,7,13,15-17H2,1-3H3,(H,39,40)(H2,34,35,41)/b12-11+/t24-,25-/m1/s1. The van der Waals surface area contributed by atoms with Gasteiger partial charge in [0.25, 0.3) is 0 Å². The third-order valence-corrected chi connectivity index (χ3v) is 7.23. The Morgan fingerprint density at radius 1 is 1.07 bits per heavy atom. The van der Waals surface area contributed by atoms with Crippen molar-refractivity contribution in [2.24, 2.45) is 0 Å². The number of nitrogens with one attached hydrogen (secondary N) is 2. The summed E-state index contributed by atoms with van der Waals surface area (Å²) < 4.78 is 14.0. The molecule has 4 rings (SSSR count). The first-order valence-electron chi connectivity index (χ1n) is 13.7. The van der Waals surface area contributed by atoms with E-state index < -0.39 is 24.6 Å². The van der Waals surface area contributed by atoms with Crippen molar-refractivity contribution in [2.75, 3.05) is 12.4 Å². The smallest absolute Gasteiger partial charge is 0.318 e. The number of aromatic nitrogens is 1. The van der Waals surface area contributed by atoms with E-state index in [9.17, 15) is 24.2 Å². The van der Waals surface area contributed by atoms with E-state index in [1.807, 2.05) is 32.0 Å². The van der Waals surface area contributed by atoms with Crippen LogP contribution in [0.1, 0.15) is 66.2 Å². The second kappa shape index (κ2) is 13.1. The number of aliphatic hydroxyl groups is 2. The average molecular weight is 562 g/mol. The van der Waals surface area contributed by atoms with Gasteiger partial charge in [-0.3, -0.25) is 9.78 Å². The number of amides is 2. The van der Waals surface area contributed by atoms with Crippen LogP contribution in [-0.2, 0) is 24.1 Å². The molecule has 1 aliphatic carbocycles. The predicted molar refractivity (Wildman–Crippen MR) is 156 cm³/mol. The Hall–Kier alpha value is -4.08. The molecule has 2 amide bonds. The van der Waals surface area contributed by atoms with Gasteiger partial charge in [0, 0.05) is 36.8 Å². The number of carboxylic acid groups (broad SMARTS) is 1. The van der Waals surface area contributed by atoms with Crippen LogP contribution in [0.5, 0.6) is 0 Å². The van der Waals surface area contributed by atoms with Crippen LogP contribution in [0.25, 0.3) is 17.2 Å². The number of aryl methyl sites for hydroxylation is 2. The van der Waals surface area contributed by atoms with Gasteiger partial charge in [0.1, 0.15) is 5.82 Å². The molecule has 1 heterocycles. The van der Waals surface area contributed by atoms with Crippen LogP contribution in [0.15, 0.2) is 48.5 Å². The average Bonchev–Trinajstić information content (AvgIpc) is 3.09. The van der Waals surface area contributed by atoms with Crippen molar-refractivity contribution in [2.45, 2.75) is 64.1 Å². The maximum Gasteiger partial charge on any atom is 0.318 e. The summed E-state index contributed by atoms with van der Waals surface area (Å²) in [5, 5.41) is 35.0. The number of hydrogen-bond donors (Lipinski definition) is 5. The van der Waals surface area contributed by atoms with Crippen molar-refractivity contribution in [1.29, 1.82) is 0 Å². The highest BCUT2D eigenvalue weighted by Crippen LogP contribution is 2.39. The number of pyridine rings is 1. The van der Waals surface area contributed by atoms with Gasteiger partial charge >= 0.3 is 12.0 Å². The van der Waals surface area contributed by atoms with E-state index in [1.165, 1.54) is 12.1 Å². The van der Waals surface area contributed by atoms with Crippen LogP contribution in [0.2, 0.25) is 0 Å². The van der Waals surface area contributed by atoms with Crippen molar-refractivity contribution < 1.29 is 29.3 Å². The second-order valence-electron chi connectivity index (χ2n) is 10.7. The Morgan fingerprint density at radius 2 is 1.80 bits per heavy atom. The number of anilines is 1. The molecule has 2 aromatic carbocycles. The summed E-state index contributed by atoms with van der Waals surface area (Å²) in [4.78, 5) is 28.0. The Balaban J connectivity index is 1.85. The lowest BCUT2D eigenvalue weighted by Crippen LogP contribution is -2.24. The molecule has 1 aliphatic rings. The lowest BCUT2D eigenvalue weighted by molar-refractivity contribution is -0.139. The molecule has 0 spiro atoms. The highest BCUT2D eigenvalue weighted by atomic mass is 19.1. The van der Waals surface area contributed by atoms with Gasteiger partial charge in [-0.25, -0.2) is 9.18 Å². The Bertz CT molecular complexity index is 1450. The number of halogens is 1. The maximum absolute atomic E-state index is 14.0. The molecule has 1 aromatic heterocycles. The zero-order valence-corrected chi connectivity index (χ0v) is 23.4. The number of carboxylic acids is 1. The molecule has 5 N–H and O–H groups in total. The molecule has 9 heteroatoms. The SMILES string of the molecule is CNC(=O)Nc1ccc2c(c1)Cc1c(nc(C(C)C)c(/C=C/[C@@H](O)C[C@@H](O)CC(=O)O)c1-c1ccc(F)cc1)CC2. The summed E-state index contributed by atoms with van der Waals surface area (Å²) in [6, 6.07) is 11.8. The Labute approximate surface area is 239 Å². The fourth-order valence-electron chi connectivity index (χ4n) is 5.26. The third-order valence-electron chi connectivity index (χ3n) is 7.23. The number of fused-ring (bicyclic) bond motifs is 2. The van der Waals surface area contributed by atoms with Gasteiger partial charge < -0.3 is 26.0 Å². The summed E-state index contributed by atoms with van der Waals surface area (Å²) in [5.41, 5.74) is 8.08. The van der Waals surface area contributed by atoms with Gasteiger partial charge in [0.05, 0.1) is 24.3 Å². The fraction of sp³-hybridized carbons (Fsp3) is 0.344. The zero-order chi connectivity index (χ0) is 29.7. The summed E-state index contributed by atoms with van der Waals surface area (Å²) in [6.07, 6.45) is 2.47. The van der Waals surface area contributed by atoms with Crippen LogP contribution >= 0.6 is 0 Å². The highest BCUT2D eigenvalue weighted by molar-refractivity contribution is 5.89. The minimum atomic E-state index is -1.19. The van der Waals surface area contributed by atoms with E-state index in [1.54, 1.807) is 31.3 Å². The molecule has 0 saturated carbocycles. The van der Waals surface area contributed by atoms with Gasteiger partial charge in [0.15, 0.2) is 0 Å². The summed E-state index contributed by atoms with van der Waals surface area (Å²) in [5.74, 6) is -1.46. The first-order chi connectivity index (χ1) is 19.5. The van der Waals surface area contributed by atoms with Crippen LogP contribution in [-0.4, -0.2) is 51.6 Å². The van der Waals surface area contributed by atoms with Crippen LogP contribution in [0, 0.1) is 5.82 Å². The van der Waals surface area contributed by atoms with E-state index in [0.717, 1.165) is 51.2 Å². The lowest BCUT2D eigenvalue weighted by Gasteiger charge is -2.22. The molecular formula is C32H36FN3O5. The lowest BCUT2D eigenvalue weighted by atomic mass is 9.86. The molecule has 8 nitrogen and oxygen atoms in total. The number of carbonyl (C=O) groups excluding carboxylic acids is 1. The first-order valence-corrected chi connectivity index (χ1v) is 13.7. The minimum Gasteiger partial charge on any atom is -0.481 e. The Kier molecular flexibility index (Phi) is 9.52. The van der Waals surface area contributed by atoms with Crippen molar-refractivity contribution in [3.05, 3.63) is 88.0 Å². The Morgan fingerprint density at radius 3 is 2.46 bits per heavy atom. The molecule has 0 unspecified atom stereocenters. The molecule has 0 radical (unpaired) electrons. The molecular weight excluding hydrogens is 525 g/mol. The summed E-state index contributed by atoms with van der Waals surface area (Å²) >= 11 is 0. The topological polar surface area (TPSA) is 132 Å². The van der Waals surface area contributed by atoms with Crippen LogP contribution in [0.4, 0.5) is 14.9 Å². The maximum atomic E-state index is 14.0. The van der Waals surface area contributed by atoms with E-state index in [-0.39, 0.29) is 24.2 Å². The van der Waals surface area contributed by atoms with E-state index >= 15 is 0 Å². The number of urea groups is 1. The molecule has 3 aromatic rings. The van der Waals surface area contributed by atoms with Crippen molar-refractivity contribution in [1.82, 2.24) is 10.3 Å². The number of aliphatic carboxylic acids is 1. The molecule has 0 saturated heterocycles. The van der Waals surface area contributed by atoms with Crippen LogP contribution in [0.3, 0.4) is 0 Å². The van der Waals surface area contributed by atoms with Gasteiger partial charge in [-0.1, -0.05) is 44.2 Å². The number of rotatable bonds is 9. The summed E-state index contributed by atoms with van der Waals surface area (Å²) in [6.45, 7) is 4.07. The van der Waals surface area contributed by atoms with Gasteiger partial charge in [-0.2, -0.15) is 0 Å². The quantitative estimate of drug-likeness (QED) is 0.248. The minimum absolute atomic E-state index is 0.0304. The monoisotopic (exact) mass is 561 g/mol. The van der Waals surface area contributed by atoms with E-state index in [0.29, 0.717) is 18.5 Å². The van der Waals surface area contributed by atoms with Crippen molar-refractivity contribution in [3.8, 4) is 11.1 Å². The molecule has 0 aliphatic heterocycles. The largest absolute Gasteiger partial charge is 0.481 e. The van der Waals surface area contributed by atoms with Gasteiger partial charge in [0.2, 0.25) is 0 Å². The van der Waals surface area contributed by atoms with E-state index in [2.05, 4.69) is 10.6 Å². The molecule has 0 bridgehead atoms. The molecule has 2 atom stereocenters. The fourth-order valence-corrected chi connectivity index (χ4v) is 5.26. The number of nitrogens with zero attached hydrogens (tertiary/aromatic N) is 1.